The highest BCUT2D eigenvalue weighted by Crippen LogP contribution is 2.33. The Labute approximate surface area is 204 Å². The van der Waals surface area contributed by atoms with E-state index in [-0.39, 0.29) is 27.7 Å². The molecule has 1 heterocycles. The highest BCUT2D eigenvalue weighted by atomic mass is 35.5. The average molecular weight is 522 g/mol. The normalized spacial score (nSPS) is 14.0. The van der Waals surface area contributed by atoms with Crippen molar-refractivity contribution in [1.82, 2.24) is 14.5 Å². The molecule has 6 nitrogen and oxygen atoms in total. The largest absolute Gasteiger partial charge is 0.435 e. The molecule has 0 saturated carbocycles. The molecule has 35 heavy (non-hydrogen) atoms. The van der Waals surface area contributed by atoms with Gasteiger partial charge in [0.2, 0.25) is 0 Å². The Kier molecular flexibility index (Phi) is 6.86. The molecule has 0 radical (unpaired) electrons. The first-order valence-electron chi connectivity index (χ1n) is 10.5. The van der Waals surface area contributed by atoms with Crippen LogP contribution in [0, 0.1) is 0 Å². The minimum absolute atomic E-state index is 0.123. The van der Waals surface area contributed by atoms with Gasteiger partial charge in [-0.3, -0.25) is 4.79 Å². The number of carbonyl (C=O) groups excluding carboxylic acids is 1. The van der Waals surface area contributed by atoms with Crippen LogP contribution in [0.3, 0.4) is 0 Å². The van der Waals surface area contributed by atoms with E-state index >= 15 is 0 Å². The third-order valence-electron chi connectivity index (χ3n) is 5.25. The monoisotopic (exact) mass is 521 g/mol. The Morgan fingerprint density at radius 3 is 2.46 bits per heavy atom. The van der Waals surface area contributed by atoms with Crippen LogP contribution in [0.1, 0.15) is 40.2 Å². The summed E-state index contributed by atoms with van der Waals surface area (Å²) in [5.74, 6) is -0.672. The maximum absolute atomic E-state index is 13.4. The summed E-state index contributed by atoms with van der Waals surface area (Å²) in [5, 5.41) is 3.71. The van der Waals surface area contributed by atoms with Gasteiger partial charge in [-0.2, -0.15) is 18.3 Å². The summed E-state index contributed by atoms with van der Waals surface area (Å²) in [6, 6.07) is 12.2. The van der Waals surface area contributed by atoms with Crippen molar-refractivity contribution < 1.29 is 26.4 Å². The number of amides is 1. The number of sulfonamides is 1. The fourth-order valence-corrected chi connectivity index (χ4v) is 4.67. The summed E-state index contributed by atoms with van der Waals surface area (Å²) in [6.45, 7) is 0. The van der Waals surface area contributed by atoms with Crippen molar-refractivity contribution in [3.63, 3.8) is 0 Å². The summed E-state index contributed by atoms with van der Waals surface area (Å²) in [4.78, 5) is 12.2. The molecule has 4 rings (SSSR count). The van der Waals surface area contributed by atoms with Gasteiger partial charge in [0.1, 0.15) is 0 Å². The molecule has 11 heteroatoms. The number of nitrogens with one attached hydrogen (secondary N) is 1. The molecule has 0 spiro atoms. The summed E-state index contributed by atoms with van der Waals surface area (Å²) >= 11 is 5.76. The quantitative estimate of drug-likeness (QED) is 0.435. The van der Waals surface area contributed by atoms with E-state index < -0.39 is 27.8 Å². The lowest BCUT2D eigenvalue weighted by Crippen LogP contribution is -2.30. The standard InChI is InChI=1S/C24H19ClF3N3O3S/c25-15-16-5-4-8-18(13-16)23(32)30-35(33,34)20-11-9-19(10-12-20)31-21(17-6-2-1-3-7-17)14-22(29-31)24(26,27)28/h2,4-14H,1,3,15H2,(H,30,32). The molecule has 0 atom stereocenters. The van der Waals surface area contributed by atoms with Crippen LogP contribution >= 0.6 is 11.6 Å². The maximum atomic E-state index is 13.4. The van der Waals surface area contributed by atoms with Gasteiger partial charge >= 0.3 is 6.18 Å². The van der Waals surface area contributed by atoms with Crippen molar-refractivity contribution in [2.45, 2.75) is 29.8 Å². The van der Waals surface area contributed by atoms with Gasteiger partial charge < -0.3 is 0 Å². The van der Waals surface area contributed by atoms with Crippen molar-refractivity contribution in [3.05, 3.63) is 95.3 Å². The highest BCUT2D eigenvalue weighted by molar-refractivity contribution is 7.90. The number of hydrogen-bond acceptors (Lipinski definition) is 4. The zero-order valence-electron chi connectivity index (χ0n) is 18.1. The maximum Gasteiger partial charge on any atom is 0.435 e. The van der Waals surface area contributed by atoms with Crippen molar-refractivity contribution in [3.8, 4) is 5.69 Å². The predicted molar refractivity (Wildman–Crippen MR) is 126 cm³/mol. The molecule has 0 unspecified atom stereocenters. The lowest BCUT2D eigenvalue weighted by Gasteiger charge is -2.12. The predicted octanol–water partition coefficient (Wildman–Crippen LogP) is 5.48. The minimum Gasteiger partial charge on any atom is -0.268 e. The van der Waals surface area contributed by atoms with Crippen LogP contribution in [-0.2, 0) is 22.1 Å². The van der Waals surface area contributed by atoms with E-state index in [0.29, 0.717) is 17.6 Å². The van der Waals surface area contributed by atoms with Crippen LogP contribution in [0.25, 0.3) is 11.3 Å². The first kappa shape index (κ1) is 24.7. The van der Waals surface area contributed by atoms with E-state index in [2.05, 4.69) is 5.10 Å². The van der Waals surface area contributed by atoms with Gasteiger partial charge in [-0.15, -0.1) is 11.6 Å². The smallest absolute Gasteiger partial charge is 0.268 e. The Balaban J connectivity index is 1.63. The Bertz CT molecular complexity index is 1430. The second kappa shape index (κ2) is 9.71. The number of hydrogen-bond donors (Lipinski definition) is 1. The highest BCUT2D eigenvalue weighted by Gasteiger charge is 2.35. The SMILES string of the molecule is O=C(NS(=O)(=O)c1ccc(-n2nc(C(F)(F)F)cc2C2=CCCC=C2)cc1)c1cccc(CCl)c1. The number of aromatic nitrogens is 2. The molecule has 0 aliphatic heterocycles. The van der Waals surface area contributed by atoms with Crippen molar-refractivity contribution in [2.24, 2.45) is 0 Å². The topological polar surface area (TPSA) is 81.1 Å². The third-order valence-corrected chi connectivity index (χ3v) is 6.91. The Hall–Kier alpha value is -3.37. The average Bonchev–Trinajstić information content (AvgIpc) is 3.31. The van der Waals surface area contributed by atoms with E-state index in [9.17, 15) is 26.4 Å². The summed E-state index contributed by atoms with van der Waals surface area (Å²) in [6.07, 6.45) is 2.24. The van der Waals surface area contributed by atoms with Gasteiger partial charge in [0.05, 0.1) is 16.3 Å². The van der Waals surface area contributed by atoms with Gasteiger partial charge in [-0.05, 0) is 66.4 Å². The number of benzene rings is 2. The summed E-state index contributed by atoms with van der Waals surface area (Å²) in [7, 11) is -4.24. The number of carbonyl (C=O) groups is 1. The molecule has 0 fully saturated rings. The lowest BCUT2D eigenvalue weighted by atomic mass is 10.0. The Morgan fingerprint density at radius 2 is 1.83 bits per heavy atom. The van der Waals surface area contributed by atoms with Crippen molar-refractivity contribution in [2.75, 3.05) is 0 Å². The summed E-state index contributed by atoms with van der Waals surface area (Å²) in [5.41, 5.74) is 0.764. The van der Waals surface area contributed by atoms with Gasteiger partial charge in [0, 0.05) is 11.4 Å². The number of halogens is 4. The molecule has 1 N–H and O–H groups in total. The van der Waals surface area contributed by atoms with Crippen LogP contribution in [0.2, 0.25) is 0 Å². The second-order valence-electron chi connectivity index (χ2n) is 7.73. The van der Waals surface area contributed by atoms with Gasteiger partial charge in [-0.1, -0.05) is 30.4 Å². The first-order valence-corrected chi connectivity index (χ1v) is 12.5. The van der Waals surface area contributed by atoms with Crippen LogP contribution in [0.4, 0.5) is 13.2 Å². The fraction of sp³-hybridized carbons (Fsp3) is 0.167. The number of nitrogens with zero attached hydrogens (tertiary/aromatic N) is 2. The van der Waals surface area contributed by atoms with Crippen molar-refractivity contribution >= 4 is 33.1 Å². The zero-order valence-corrected chi connectivity index (χ0v) is 19.7. The third kappa shape index (κ3) is 5.49. The molecular formula is C24H19ClF3N3O3S. The molecule has 1 amide bonds. The second-order valence-corrected chi connectivity index (χ2v) is 9.68. The Morgan fingerprint density at radius 1 is 1.09 bits per heavy atom. The fourth-order valence-electron chi connectivity index (χ4n) is 3.53. The molecule has 0 saturated heterocycles. The van der Waals surface area contributed by atoms with Crippen LogP contribution in [-0.4, -0.2) is 24.1 Å². The van der Waals surface area contributed by atoms with E-state index in [0.717, 1.165) is 17.2 Å². The number of alkyl halides is 4. The molecule has 3 aromatic rings. The van der Waals surface area contributed by atoms with E-state index in [1.807, 2.05) is 16.9 Å². The van der Waals surface area contributed by atoms with Crippen molar-refractivity contribution in [1.29, 1.82) is 0 Å². The molecule has 2 aromatic carbocycles. The van der Waals surface area contributed by atoms with Crippen LogP contribution < -0.4 is 4.72 Å². The zero-order chi connectivity index (χ0) is 25.2. The van der Waals surface area contributed by atoms with Crippen LogP contribution in [0.15, 0.2) is 77.7 Å². The van der Waals surface area contributed by atoms with E-state index in [1.54, 1.807) is 18.2 Å². The van der Waals surface area contributed by atoms with Gasteiger partial charge in [0.25, 0.3) is 15.9 Å². The van der Waals surface area contributed by atoms with E-state index in [1.165, 1.54) is 36.4 Å². The molecule has 0 bridgehead atoms. The molecular weight excluding hydrogens is 503 g/mol. The van der Waals surface area contributed by atoms with E-state index in [4.69, 9.17) is 11.6 Å². The molecule has 182 valence electrons. The molecule has 1 aromatic heterocycles. The minimum atomic E-state index is -4.65. The molecule has 1 aliphatic rings. The summed E-state index contributed by atoms with van der Waals surface area (Å²) < 4.78 is 68.6. The molecule has 1 aliphatic carbocycles. The number of rotatable bonds is 6. The number of allylic oxidation sites excluding steroid dienone is 4. The van der Waals surface area contributed by atoms with Crippen LogP contribution in [0.5, 0.6) is 0 Å². The first-order chi connectivity index (χ1) is 16.6. The van der Waals surface area contributed by atoms with Gasteiger partial charge in [0.15, 0.2) is 5.69 Å². The lowest BCUT2D eigenvalue weighted by molar-refractivity contribution is -0.141. The van der Waals surface area contributed by atoms with Gasteiger partial charge in [-0.25, -0.2) is 17.8 Å².